The predicted molar refractivity (Wildman–Crippen MR) is 72.4 cm³/mol. The van der Waals surface area contributed by atoms with Gasteiger partial charge >= 0.3 is 0 Å². The van der Waals surface area contributed by atoms with Crippen LogP contribution in [-0.4, -0.2) is 7.11 Å². The van der Waals surface area contributed by atoms with Crippen LogP contribution in [0.25, 0.3) is 0 Å². The summed E-state index contributed by atoms with van der Waals surface area (Å²) in [7, 11) is 1.73. The highest BCUT2D eigenvalue weighted by Crippen LogP contribution is 2.20. The molecule has 0 aliphatic heterocycles. The van der Waals surface area contributed by atoms with E-state index in [2.05, 4.69) is 26.5 Å². The molecule has 0 atom stereocenters. The molecule has 92 valence electrons. The topological polar surface area (TPSA) is 9.23 Å². The lowest BCUT2D eigenvalue weighted by Gasteiger charge is -2.11. The van der Waals surface area contributed by atoms with Crippen LogP contribution in [0.15, 0.2) is 35.6 Å². The fourth-order valence-corrected chi connectivity index (χ4v) is 1.66. The molecule has 0 fully saturated rings. The Bertz CT molecular complexity index is 259. The Morgan fingerprint density at radius 3 is 2.38 bits per heavy atom. The average Bonchev–Trinajstić information content (AvgIpc) is 2.26. The largest absolute Gasteiger partial charge is 0.496 e. The van der Waals surface area contributed by atoms with E-state index < -0.39 is 0 Å². The number of allylic oxidation sites excluding steroid dienone is 4. The van der Waals surface area contributed by atoms with Gasteiger partial charge in [0.25, 0.3) is 0 Å². The van der Waals surface area contributed by atoms with E-state index in [-0.39, 0.29) is 0 Å². The maximum Gasteiger partial charge on any atom is 0.121 e. The summed E-state index contributed by atoms with van der Waals surface area (Å²) in [5.41, 5.74) is 2.33. The van der Waals surface area contributed by atoms with Gasteiger partial charge in [0.05, 0.1) is 7.11 Å². The molecular formula is C15H26O. The standard InChI is InChI=1S/C15H26O/c1-6-8-9-10-11-14(7-2)15(16-5)12-13(3)4/h7,12H,3,6,8-11H2,1-2,4-5H3/b14-7-,15-12+. The molecule has 0 unspecified atom stereocenters. The minimum Gasteiger partial charge on any atom is -0.496 e. The number of ether oxygens (including phenoxy) is 1. The fraction of sp³-hybridized carbons (Fsp3) is 0.600. The highest BCUT2D eigenvalue weighted by atomic mass is 16.5. The summed E-state index contributed by atoms with van der Waals surface area (Å²) in [4.78, 5) is 0. The van der Waals surface area contributed by atoms with E-state index in [1.165, 1.54) is 31.3 Å². The molecule has 0 aromatic rings. The van der Waals surface area contributed by atoms with Gasteiger partial charge in [0.1, 0.15) is 5.76 Å². The summed E-state index contributed by atoms with van der Waals surface area (Å²) < 4.78 is 5.40. The molecule has 1 heteroatoms. The number of unbranched alkanes of at least 4 members (excludes halogenated alkanes) is 3. The van der Waals surface area contributed by atoms with Gasteiger partial charge in [0.15, 0.2) is 0 Å². The van der Waals surface area contributed by atoms with Gasteiger partial charge in [-0.2, -0.15) is 0 Å². The fourth-order valence-electron chi connectivity index (χ4n) is 1.66. The zero-order valence-electron chi connectivity index (χ0n) is 11.3. The van der Waals surface area contributed by atoms with E-state index in [1.54, 1.807) is 7.11 Å². The molecule has 0 amide bonds. The Labute approximate surface area is 101 Å². The van der Waals surface area contributed by atoms with Gasteiger partial charge < -0.3 is 4.74 Å². The Hall–Kier alpha value is -0.980. The molecule has 0 saturated heterocycles. The second-order valence-electron chi connectivity index (χ2n) is 4.18. The molecule has 0 radical (unpaired) electrons. The Balaban J connectivity index is 4.31. The summed E-state index contributed by atoms with van der Waals surface area (Å²) >= 11 is 0. The minimum absolute atomic E-state index is 0.964. The van der Waals surface area contributed by atoms with E-state index in [1.807, 2.05) is 13.0 Å². The number of hydrogen-bond acceptors (Lipinski definition) is 1. The average molecular weight is 222 g/mol. The SMILES string of the molecule is C=C(C)/C=C(OC)\C(=C/C)CCCCCC. The van der Waals surface area contributed by atoms with Gasteiger partial charge in [-0.05, 0) is 38.3 Å². The van der Waals surface area contributed by atoms with Crippen molar-refractivity contribution in [1.29, 1.82) is 0 Å². The highest BCUT2D eigenvalue weighted by molar-refractivity contribution is 5.31. The van der Waals surface area contributed by atoms with Crippen molar-refractivity contribution in [1.82, 2.24) is 0 Å². The molecule has 0 heterocycles. The number of rotatable bonds is 8. The van der Waals surface area contributed by atoms with Crippen LogP contribution >= 0.6 is 0 Å². The molecule has 0 bridgehead atoms. The normalized spacial score (nSPS) is 12.8. The van der Waals surface area contributed by atoms with Crippen LogP contribution in [0.4, 0.5) is 0 Å². The van der Waals surface area contributed by atoms with Crippen LogP contribution in [0, 0.1) is 0 Å². The zero-order valence-corrected chi connectivity index (χ0v) is 11.3. The number of methoxy groups -OCH3 is 1. The third-order valence-electron chi connectivity index (χ3n) is 2.56. The van der Waals surface area contributed by atoms with Crippen molar-refractivity contribution in [2.45, 2.75) is 52.9 Å². The van der Waals surface area contributed by atoms with Crippen molar-refractivity contribution in [2.24, 2.45) is 0 Å². The second-order valence-corrected chi connectivity index (χ2v) is 4.18. The molecule has 0 spiro atoms. The number of hydrogen-bond donors (Lipinski definition) is 0. The summed E-state index contributed by atoms with van der Waals surface area (Å²) in [6.07, 6.45) is 10.4. The van der Waals surface area contributed by atoms with Crippen LogP contribution in [0.5, 0.6) is 0 Å². The van der Waals surface area contributed by atoms with Gasteiger partial charge in [-0.25, -0.2) is 0 Å². The molecule has 1 nitrogen and oxygen atoms in total. The van der Waals surface area contributed by atoms with Crippen molar-refractivity contribution >= 4 is 0 Å². The van der Waals surface area contributed by atoms with Crippen molar-refractivity contribution < 1.29 is 4.74 Å². The monoisotopic (exact) mass is 222 g/mol. The lowest BCUT2D eigenvalue weighted by atomic mass is 10.0. The van der Waals surface area contributed by atoms with Crippen molar-refractivity contribution in [2.75, 3.05) is 7.11 Å². The first-order chi connectivity index (χ1) is 7.65. The van der Waals surface area contributed by atoms with E-state index in [0.717, 1.165) is 17.8 Å². The van der Waals surface area contributed by atoms with Gasteiger partial charge in [-0.3, -0.25) is 0 Å². The van der Waals surface area contributed by atoms with E-state index in [4.69, 9.17) is 4.74 Å². The van der Waals surface area contributed by atoms with Gasteiger partial charge in [0.2, 0.25) is 0 Å². The first-order valence-electron chi connectivity index (χ1n) is 6.22. The minimum atomic E-state index is 0.964. The molecule has 0 rings (SSSR count). The quantitative estimate of drug-likeness (QED) is 0.319. The molecule has 16 heavy (non-hydrogen) atoms. The molecule has 0 N–H and O–H groups in total. The summed E-state index contributed by atoms with van der Waals surface area (Å²) in [6.45, 7) is 10.2. The lowest BCUT2D eigenvalue weighted by Crippen LogP contribution is -1.94. The van der Waals surface area contributed by atoms with E-state index in [0.29, 0.717) is 0 Å². The highest BCUT2D eigenvalue weighted by Gasteiger charge is 2.04. The summed E-state index contributed by atoms with van der Waals surface area (Å²) in [5.74, 6) is 0.964. The second kappa shape index (κ2) is 9.26. The van der Waals surface area contributed by atoms with Crippen LogP contribution in [0.3, 0.4) is 0 Å². The van der Waals surface area contributed by atoms with Crippen LogP contribution in [0.1, 0.15) is 52.9 Å². The zero-order chi connectivity index (χ0) is 12.4. The van der Waals surface area contributed by atoms with Crippen LogP contribution in [-0.2, 0) is 4.74 Å². The first kappa shape index (κ1) is 15.0. The molecular weight excluding hydrogens is 196 g/mol. The summed E-state index contributed by atoms with van der Waals surface area (Å²) in [6, 6.07) is 0. The first-order valence-corrected chi connectivity index (χ1v) is 6.22. The third kappa shape index (κ3) is 6.49. The lowest BCUT2D eigenvalue weighted by molar-refractivity contribution is 0.297. The van der Waals surface area contributed by atoms with Gasteiger partial charge in [-0.15, -0.1) is 0 Å². The van der Waals surface area contributed by atoms with E-state index in [9.17, 15) is 0 Å². The smallest absolute Gasteiger partial charge is 0.121 e. The molecule has 0 aliphatic carbocycles. The van der Waals surface area contributed by atoms with Crippen molar-refractivity contribution in [3.63, 3.8) is 0 Å². The molecule has 0 aromatic heterocycles. The van der Waals surface area contributed by atoms with Crippen molar-refractivity contribution in [3.05, 3.63) is 35.6 Å². The van der Waals surface area contributed by atoms with Crippen LogP contribution < -0.4 is 0 Å². The molecule has 0 aromatic carbocycles. The van der Waals surface area contributed by atoms with Gasteiger partial charge in [0, 0.05) is 0 Å². The maximum atomic E-state index is 5.40. The third-order valence-corrected chi connectivity index (χ3v) is 2.56. The van der Waals surface area contributed by atoms with Crippen LogP contribution in [0.2, 0.25) is 0 Å². The van der Waals surface area contributed by atoms with Crippen molar-refractivity contribution in [3.8, 4) is 0 Å². The summed E-state index contributed by atoms with van der Waals surface area (Å²) in [5, 5.41) is 0. The Morgan fingerprint density at radius 2 is 1.94 bits per heavy atom. The maximum absolute atomic E-state index is 5.40. The Kier molecular flexibility index (Phi) is 8.69. The Morgan fingerprint density at radius 1 is 1.25 bits per heavy atom. The predicted octanol–water partition coefficient (Wildman–Crippen LogP) is 5.01. The van der Waals surface area contributed by atoms with Gasteiger partial charge in [-0.1, -0.05) is 44.4 Å². The van der Waals surface area contributed by atoms with E-state index >= 15 is 0 Å². The molecule has 0 aliphatic rings. The molecule has 0 saturated carbocycles.